The van der Waals surface area contributed by atoms with E-state index in [1.54, 1.807) is 30.3 Å². The van der Waals surface area contributed by atoms with Crippen molar-refractivity contribution in [2.45, 2.75) is 6.42 Å². The van der Waals surface area contributed by atoms with E-state index in [4.69, 9.17) is 0 Å². The van der Waals surface area contributed by atoms with Crippen LogP contribution in [0.1, 0.15) is 15.9 Å². The minimum absolute atomic E-state index is 0.0997. The second kappa shape index (κ2) is 8.62. The Bertz CT molecular complexity index is 926. The van der Waals surface area contributed by atoms with Crippen LogP contribution in [-0.2, 0) is 11.2 Å². The summed E-state index contributed by atoms with van der Waals surface area (Å²) in [5.74, 6) is -0.278. The minimum Gasteiger partial charge on any atom is -0.326 e. The van der Waals surface area contributed by atoms with E-state index in [-0.39, 0.29) is 11.8 Å². The standard InChI is InChI=1S/C21H17IN2O2/c22-19-12-5-4-11-18(19)21(26)24-17-10-6-9-16(14-17)23-20(25)13-15-7-2-1-3-8-15/h1-12,14H,13H2,(H,23,25)(H,24,26). The average molecular weight is 456 g/mol. The lowest BCUT2D eigenvalue weighted by Crippen LogP contribution is -2.15. The van der Waals surface area contributed by atoms with Crippen molar-refractivity contribution in [3.8, 4) is 0 Å². The van der Waals surface area contributed by atoms with Gasteiger partial charge in [-0.3, -0.25) is 9.59 Å². The van der Waals surface area contributed by atoms with Crippen LogP contribution in [0.15, 0.2) is 78.9 Å². The smallest absolute Gasteiger partial charge is 0.256 e. The Morgan fingerprint density at radius 3 is 2.15 bits per heavy atom. The number of carbonyl (C=O) groups is 2. The molecule has 0 saturated heterocycles. The van der Waals surface area contributed by atoms with E-state index in [1.807, 2.05) is 48.5 Å². The van der Waals surface area contributed by atoms with Gasteiger partial charge in [0.25, 0.3) is 5.91 Å². The van der Waals surface area contributed by atoms with E-state index in [9.17, 15) is 9.59 Å². The van der Waals surface area contributed by atoms with E-state index < -0.39 is 0 Å². The highest BCUT2D eigenvalue weighted by molar-refractivity contribution is 14.1. The largest absolute Gasteiger partial charge is 0.326 e. The van der Waals surface area contributed by atoms with Crippen molar-refractivity contribution in [1.29, 1.82) is 0 Å². The highest BCUT2D eigenvalue weighted by Gasteiger charge is 2.10. The maximum Gasteiger partial charge on any atom is 0.256 e. The van der Waals surface area contributed by atoms with Crippen LogP contribution in [0.25, 0.3) is 0 Å². The first-order valence-electron chi connectivity index (χ1n) is 8.11. The van der Waals surface area contributed by atoms with Gasteiger partial charge >= 0.3 is 0 Å². The fourth-order valence-electron chi connectivity index (χ4n) is 2.50. The third-order valence-corrected chi connectivity index (χ3v) is 4.67. The Hall–Kier alpha value is -2.67. The Labute approximate surface area is 165 Å². The zero-order valence-corrected chi connectivity index (χ0v) is 16.1. The van der Waals surface area contributed by atoms with Gasteiger partial charge in [-0.2, -0.15) is 0 Å². The van der Waals surface area contributed by atoms with Crippen LogP contribution in [0.3, 0.4) is 0 Å². The molecule has 3 rings (SSSR count). The lowest BCUT2D eigenvalue weighted by atomic mass is 10.1. The van der Waals surface area contributed by atoms with Crippen LogP contribution >= 0.6 is 22.6 Å². The van der Waals surface area contributed by atoms with Crippen molar-refractivity contribution in [3.63, 3.8) is 0 Å². The van der Waals surface area contributed by atoms with Gasteiger partial charge in [-0.05, 0) is 58.5 Å². The second-order valence-corrected chi connectivity index (χ2v) is 6.89. The molecule has 0 aliphatic heterocycles. The van der Waals surface area contributed by atoms with Gasteiger partial charge in [-0.15, -0.1) is 0 Å². The molecule has 2 N–H and O–H groups in total. The van der Waals surface area contributed by atoms with Crippen molar-refractivity contribution >= 4 is 45.8 Å². The zero-order valence-electron chi connectivity index (χ0n) is 13.9. The molecular weight excluding hydrogens is 439 g/mol. The summed E-state index contributed by atoms with van der Waals surface area (Å²) in [5.41, 5.74) is 2.85. The highest BCUT2D eigenvalue weighted by atomic mass is 127. The second-order valence-electron chi connectivity index (χ2n) is 5.73. The zero-order chi connectivity index (χ0) is 18.4. The molecule has 0 spiro atoms. The fourth-order valence-corrected chi connectivity index (χ4v) is 3.14. The van der Waals surface area contributed by atoms with Crippen molar-refractivity contribution in [1.82, 2.24) is 0 Å². The molecule has 5 heteroatoms. The van der Waals surface area contributed by atoms with Gasteiger partial charge in [-0.1, -0.05) is 48.5 Å². The molecule has 130 valence electrons. The predicted molar refractivity (Wildman–Crippen MR) is 112 cm³/mol. The lowest BCUT2D eigenvalue weighted by molar-refractivity contribution is -0.115. The van der Waals surface area contributed by atoms with Crippen LogP contribution in [0, 0.1) is 3.57 Å². The normalized spacial score (nSPS) is 10.2. The van der Waals surface area contributed by atoms with E-state index in [0.29, 0.717) is 23.4 Å². The summed E-state index contributed by atoms with van der Waals surface area (Å²) < 4.78 is 0.884. The molecule has 0 fully saturated rings. The van der Waals surface area contributed by atoms with Gasteiger partial charge in [0.1, 0.15) is 0 Å². The molecule has 2 amide bonds. The summed E-state index contributed by atoms with van der Waals surface area (Å²) in [6.45, 7) is 0. The van der Waals surface area contributed by atoms with Gasteiger partial charge < -0.3 is 10.6 Å². The van der Waals surface area contributed by atoms with Gasteiger partial charge in [0.15, 0.2) is 0 Å². The third-order valence-electron chi connectivity index (χ3n) is 3.73. The van der Waals surface area contributed by atoms with Crippen molar-refractivity contribution in [3.05, 3.63) is 93.6 Å². The number of rotatable bonds is 5. The Morgan fingerprint density at radius 2 is 1.42 bits per heavy atom. The third kappa shape index (κ3) is 4.92. The number of anilines is 2. The van der Waals surface area contributed by atoms with Crippen LogP contribution in [-0.4, -0.2) is 11.8 Å². The van der Waals surface area contributed by atoms with Gasteiger partial charge in [0.2, 0.25) is 5.91 Å². The number of carbonyl (C=O) groups excluding carboxylic acids is 2. The molecular formula is C21H17IN2O2. The summed E-state index contributed by atoms with van der Waals surface area (Å²) in [6.07, 6.45) is 0.305. The van der Waals surface area contributed by atoms with E-state index in [2.05, 4.69) is 33.2 Å². The van der Waals surface area contributed by atoms with Crippen LogP contribution in [0.2, 0.25) is 0 Å². The monoisotopic (exact) mass is 456 g/mol. The number of hydrogen-bond donors (Lipinski definition) is 2. The topological polar surface area (TPSA) is 58.2 Å². The minimum atomic E-state index is -0.178. The maximum absolute atomic E-state index is 12.4. The number of hydrogen-bond acceptors (Lipinski definition) is 2. The maximum atomic E-state index is 12.4. The van der Waals surface area contributed by atoms with Gasteiger partial charge in [0, 0.05) is 14.9 Å². The molecule has 0 bridgehead atoms. The molecule has 0 heterocycles. The summed E-state index contributed by atoms with van der Waals surface area (Å²) in [6, 6.07) is 24.1. The van der Waals surface area contributed by atoms with E-state index >= 15 is 0 Å². The predicted octanol–water partition coefficient (Wildman–Crippen LogP) is 4.72. The summed E-state index contributed by atoms with van der Waals surface area (Å²) in [4.78, 5) is 24.6. The quantitative estimate of drug-likeness (QED) is 0.546. The Balaban J connectivity index is 1.65. The van der Waals surface area contributed by atoms with Crippen molar-refractivity contribution in [2.75, 3.05) is 10.6 Å². The van der Waals surface area contributed by atoms with E-state index in [0.717, 1.165) is 9.13 Å². The van der Waals surface area contributed by atoms with Crippen molar-refractivity contribution < 1.29 is 9.59 Å². The molecule has 0 aliphatic carbocycles. The molecule has 26 heavy (non-hydrogen) atoms. The molecule has 4 nitrogen and oxygen atoms in total. The number of benzene rings is 3. The molecule has 0 unspecified atom stereocenters. The first-order valence-corrected chi connectivity index (χ1v) is 9.19. The average Bonchev–Trinajstić information content (AvgIpc) is 2.63. The summed E-state index contributed by atoms with van der Waals surface area (Å²) in [7, 11) is 0. The van der Waals surface area contributed by atoms with Crippen LogP contribution in [0.4, 0.5) is 11.4 Å². The SMILES string of the molecule is O=C(Cc1ccccc1)Nc1cccc(NC(=O)c2ccccc2I)c1. The molecule has 0 saturated carbocycles. The molecule has 3 aromatic carbocycles. The molecule has 0 atom stereocenters. The number of halogens is 1. The molecule has 0 radical (unpaired) electrons. The molecule has 0 aliphatic rings. The highest BCUT2D eigenvalue weighted by Crippen LogP contribution is 2.18. The molecule has 3 aromatic rings. The van der Waals surface area contributed by atoms with E-state index in [1.165, 1.54) is 0 Å². The lowest BCUT2D eigenvalue weighted by Gasteiger charge is -2.10. The summed E-state index contributed by atoms with van der Waals surface area (Å²) in [5, 5.41) is 5.73. The van der Waals surface area contributed by atoms with Crippen molar-refractivity contribution in [2.24, 2.45) is 0 Å². The Kier molecular flexibility index (Phi) is 6.01. The van der Waals surface area contributed by atoms with Crippen LogP contribution in [0.5, 0.6) is 0 Å². The first-order chi connectivity index (χ1) is 12.6. The first kappa shape index (κ1) is 18.1. The van der Waals surface area contributed by atoms with Crippen LogP contribution < -0.4 is 10.6 Å². The summed E-state index contributed by atoms with van der Waals surface area (Å²) >= 11 is 2.13. The molecule has 0 aromatic heterocycles. The fraction of sp³-hybridized carbons (Fsp3) is 0.0476. The van der Waals surface area contributed by atoms with Gasteiger partial charge in [0.05, 0.1) is 12.0 Å². The van der Waals surface area contributed by atoms with Gasteiger partial charge in [-0.25, -0.2) is 0 Å². The number of nitrogens with one attached hydrogen (secondary N) is 2. The number of amides is 2. The Morgan fingerprint density at radius 1 is 0.769 bits per heavy atom.